The van der Waals surface area contributed by atoms with Crippen molar-refractivity contribution in [3.8, 4) is 11.5 Å². The first-order valence-electron chi connectivity index (χ1n) is 5.72. The van der Waals surface area contributed by atoms with Gasteiger partial charge in [0.25, 0.3) is 0 Å². The molecule has 2 rings (SSSR count). The molecule has 0 amide bonds. The van der Waals surface area contributed by atoms with E-state index in [0.29, 0.717) is 10.8 Å². The Morgan fingerprint density at radius 3 is 2.33 bits per heavy atom. The number of ether oxygens (including phenoxy) is 1. The van der Waals surface area contributed by atoms with Gasteiger partial charge < -0.3 is 10.5 Å². The number of alkyl halides is 3. The third-order valence-corrected chi connectivity index (χ3v) is 3.16. The third-order valence-electron chi connectivity index (χ3n) is 2.63. The lowest BCUT2D eigenvalue weighted by Crippen LogP contribution is -2.13. The summed E-state index contributed by atoms with van der Waals surface area (Å²) in [5.74, 6) is 0.417. The molecule has 0 aliphatic rings. The van der Waals surface area contributed by atoms with Gasteiger partial charge in [0.1, 0.15) is 16.5 Å². The summed E-state index contributed by atoms with van der Waals surface area (Å²) in [5, 5.41) is 0.325. The van der Waals surface area contributed by atoms with E-state index in [0.717, 1.165) is 12.1 Å². The fourth-order valence-electron chi connectivity index (χ4n) is 1.63. The predicted octanol–water partition coefficient (Wildman–Crippen LogP) is 4.79. The molecule has 0 aromatic heterocycles. The molecular weight excluding hydrogens is 323 g/mol. The zero-order valence-corrected chi connectivity index (χ0v) is 12.0. The summed E-state index contributed by atoms with van der Waals surface area (Å²) in [6.07, 6.45) is -4.48. The Morgan fingerprint density at radius 2 is 1.76 bits per heavy atom. The monoisotopic (exact) mass is 331 g/mol. The Balaban J connectivity index is 2.45. The number of thiocarbonyl (C=S) groups is 1. The Morgan fingerprint density at radius 1 is 1.10 bits per heavy atom. The van der Waals surface area contributed by atoms with Gasteiger partial charge in [0.05, 0.1) is 16.1 Å². The molecular formula is C14H9ClF3NOS. The van der Waals surface area contributed by atoms with E-state index in [9.17, 15) is 13.2 Å². The largest absolute Gasteiger partial charge is 0.455 e. The van der Waals surface area contributed by atoms with Crippen LogP contribution >= 0.6 is 23.8 Å². The van der Waals surface area contributed by atoms with Crippen LogP contribution in [0.5, 0.6) is 11.5 Å². The van der Waals surface area contributed by atoms with Crippen LogP contribution in [0.2, 0.25) is 5.02 Å². The summed E-state index contributed by atoms with van der Waals surface area (Å²) in [4.78, 5) is -0.192. The van der Waals surface area contributed by atoms with E-state index in [-0.39, 0.29) is 16.3 Å². The standard InChI is InChI=1S/C14H9ClF3NOS/c15-10-3-1-2-4-12(10)20-11-6-5-8(14(16,17)18)7-9(11)13(19)21/h1-7H,(H2,19,21). The van der Waals surface area contributed by atoms with Crippen molar-refractivity contribution in [1.82, 2.24) is 0 Å². The van der Waals surface area contributed by atoms with Gasteiger partial charge in [0, 0.05) is 0 Å². The van der Waals surface area contributed by atoms with E-state index in [1.54, 1.807) is 24.3 Å². The summed E-state index contributed by atoms with van der Waals surface area (Å²) in [5.41, 5.74) is 4.62. The van der Waals surface area contributed by atoms with E-state index in [2.05, 4.69) is 0 Å². The molecule has 21 heavy (non-hydrogen) atoms. The molecule has 2 nitrogen and oxygen atoms in total. The van der Waals surface area contributed by atoms with Crippen molar-refractivity contribution in [2.45, 2.75) is 6.18 Å². The van der Waals surface area contributed by atoms with Crippen LogP contribution in [0, 0.1) is 0 Å². The molecule has 0 radical (unpaired) electrons. The van der Waals surface area contributed by atoms with Crippen molar-refractivity contribution >= 4 is 28.8 Å². The molecule has 0 aliphatic heterocycles. The minimum atomic E-state index is -4.48. The average Bonchev–Trinajstić information content (AvgIpc) is 2.40. The van der Waals surface area contributed by atoms with Crippen LogP contribution in [-0.2, 0) is 6.18 Å². The number of benzene rings is 2. The normalized spacial score (nSPS) is 11.2. The van der Waals surface area contributed by atoms with E-state index in [1.165, 1.54) is 6.07 Å². The van der Waals surface area contributed by atoms with Gasteiger partial charge in [-0.3, -0.25) is 0 Å². The minimum Gasteiger partial charge on any atom is -0.455 e. The van der Waals surface area contributed by atoms with Crippen LogP contribution in [0.15, 0.2) is 42.5 Å². The lowest BCUT2D eigenvalue weighted by molar-refractivity contribution is -0.137. The number of hydrogen-bond acceptors (Lipinski definition) is 2. The Hall–Kier alpha value is -1.79. The molecule has 0 saturated carbocycles. The SMILES string of the molecule is NC(=S)c1cc(C(F)(F)F)ccc1Oc1ccccc1Cl. The number of nitrogens with two attached hydrogens (primary N) is 1. The van der Waals surface area contributed by atoms with E-state index >= 15 is 0 Å². The van der Waals surface area contributed by atoms with Gasteiger partial charge in [-0.2, -0.15) is 13.2 Å². The molecule has 0 atom stereocenters. The first-order valence-corrected chi connectivity index (χ1v) is 6.51. The van der Waals surface area contributed by atoms with Crippen molar-refractivity contribution < 1.29 is 17.9 Å². The van der Waals surface area contributed by atoms with Gasteiger partial charge in [-0.1, -0.05) is 36.0 Å². The molecule has 2 aromatic carbocycles. The summed E-state index contributed by atoms with van der Waals surface area (Å²) in [7, 11) is 0. The number of para-hydroxylation sites is 1. The second-order valence-corrected chi connectivity index (χ2v) is 4.95. The zero-order chi connectivity index (χ0) is 15.6. The Labute approximate surface area is 129 Å². The second-order valence-electron chi connectivity index (χ2n) is 4.11. The van der Waals surface area contributed by atoms with E-state index < -0.39 is 11.7 Å². The molecule has 110 valence electrons. The van der Waals surface area contributed by atoms with Crippen molar-refractivity contribution in [2.24, 2.45) is 5.73 Å². The van der Waals surface area contributed by atoms with Gasteiger partial charge in [-0.15, -0.1) is 0 Å². The lowest BCUT2D eigenvalue weighted by Gasteiger charge is -2.14. The zero-order valence-electron chi connectivity index (χ0n) is 10.4. The van der Waals surface area contributed by atoms with Crippen molar-refractivity contribution in [3.63, 3.8) is 0 Å². The van der Waals surface area contributed by atoms with Gasteiger partial charge >= 0.3 is 6.18 Å². The van der Waals surface area contributed by atoms with Crippen molar-refractivity contribution in [3.05, 3.63) is 58.6 Å². The average molecular weight is 332 g/mol. The smallest absolute Gasteiger partial charge is 0.416 e. The molecule has 0 fully saturated rings. The fraction of sp³-hybridized carbons (Fsp3) is 0.0714. The van der Waals surface area contributed by atoms with Crippen LogP contribution < -0.4 is 10.5 Å². The van der Waals surface area contributed by atoms with Crippen LogP contribution in [0.1, 0.15) is 11.1 Å². The maximum Gasteiger partial charge on any atom is 0.416 e. The Bertz CT molecular complexity index is 688. The van der Waals surface area contributed by atoms with E-state index in [1.807, 2.05) is 0 Å². The molecule has 7 heteroatoms. The quantitative estimate of drug-likeness (QED) is 0.822. The predicted molar refractivity (Wildman–Crippen MR) is 78.9 cm³/mol. The highest BCUT2D eigenvalue weighted by molar-refractivity contribution is 7.80. The topological polar surface area (TPSA) is 35.2 Å². The maximum atomic E-state index is 12.7. The van der Waals surface area contributed by atoms with Crippen molar-refractivity contribution in [1.29, 1.82) is 0 Å². The molecule has 0 bridgehead atoms. The maximum absolute atomic E-state index is 12.7. The van der Waals surface area contributed by atoms with Crippen LogP contribution in [0.3, 0.4) is 0 Å². The van der Waals surface area contributed by atoms with Gasteiger partial charge in [0.15, 0.2) is 0 Å². The molecule has 0 heterocycles. The highest BCUT2D eigenvalue weighted by Crippen LogP contribution is 2.35. The highest BCUT2D eigenvalue weighted by atomic mass is 35.5. The molecule has 0 saturated heterocycles. The second kappa shape index (κ2) is 5.91. The van der Waals surface area contributed by atoms with Crippen LogP contribution in [0.25, 0.3) is 0 Å². The van der Waals surface area contributed by atoms with Gasteiger partial charge in [0.2, 0.25) is 0 Å². The molecule has 2 aromatic rings. The lowest BCUT2D eigenvalue weighted by atomic mass is 10.1. The molecule has 2 N–H and O–H groups in total. The minimum absolute atomic E-state index is 0.000236. The summed E-state index contributed by atoms with van der Waals surface area (Å²) >= 11 is 10.7. The Kier molecular flexibility index (Phi) is 4.39. The summed E-state index contributed by atoms with van der Waals surface area (Å²) < 4.78 is 43.6. The molecule has 0 aliphatic carbocycles. The van der Waals surface area contributed by atoms with Crippen LogP contribution in [-0.4, -0.2) is 4.99 Å². The first kappa shape index (κ1) is 15.6. The van der Waals surface area contributed by atoms with Gasteiger partial charge in [-0.05, 0) is 30.3 Å². The number of hydrogen-bond donors (Lipinski definition) is 1. The van der Waals surface area contributed by atoms with Crippen molar-refractivity contribution in [2.75, 3.05) is 0 Å². The third kappa shape index (κ3) is 3.65. The summed E-state index contributed by atoms with van der Waals surface area (Å²) in [6, 6.07) is 9.50. The number of rotatable bonds is 3. The number of halogens is 4. The fourth-order valence-corrected chi connectivity index (χ4v) is 1.97. The summed E-state index contributed by atoms with van der Waals surface area (Å²) in [6.45, 7) is 0. The van der Waals surface area contributed by atoms with Crippen LogP contribution in [0.4, 0.5) is 13.2 Å². The first-order chi connectivity index (χ1) is 9.79. The highest BCUT2D eigenvalue weighted by Gasteiger charge is 2.31. The molecule has 0 spiro atoms. The van der Waals surface area contributed by atoms with Gasteiger partial charge in [-0.25, -0.2) is 0 Å². The van der Waals surface area contributed by atoms with E-state index in [4.69, 9.17) is 34.3 Å². The molecule has 0 unspecified atom stereocenters.